The molecule has 1 aliphatic carbocycles. The molecule has 1 N–H and O–H groups in total. The molecule has 2 aromatic carbocycles. The molecule has 0 spiro atoms. The minimum Gasteiger partial charge on any atom is -0.272 e. The molecule has 0 unspecified atom stereocenters. The second kappa shape index (κ2) is 11.1. The van der Waals surface area contributed by atoms with Crippen LogP contribution in [0.4, 0.5) is 0 Å². The summed E-state index contributed by atoms with van der Waals surface area (Å²) in [4.78, 5) is 32.9. The van der Waals surface area contributed by atoms with Crippen molar-refractivity contribution < 1.29 is 4.79 Å². The Morgan fingerprint density at radius 3 is 2.75 bits per heavy atom. The highest BCUT2D eigenvalue weighted by Gasteiger charge is 2.24. The van der Waals surface area contributed by atoms with E-state index in [4.69, 9.17) is 16.6 Å². The molecule has 10 heteroatoms. The number of aromatic nitrogens is 2. The van der Waals surface area contributed by atoms with E-state index in [0.717, 1.165) is 39.7 Å². The van der Waals surface area contributed by atoms with Gasteiger partial charge in [0, 0.05) is 14.4 Å². The van der Waals surface area contributed by atoms with Gasteiger partial charge in [0.05, 0.1) is 23.0 Å². The van der Waals surface area contributed by atoms with Gasteiger partial charge in [-0.2, -0.15) is 5.10 Å². The molecule has 5 rings (SSSR count). The number of halogens is 2. The van der Waals surface area contributed by atoms with Crippen LogP contribution in [0.1, 0.15) is 22.4 Å². The molecule has 36 heavy (non-hydrogen) atoms. The molecule has 182 valence electrons. The monoisotopic (exact) mass is 598 g/mol. The van der Waals surface area contributed by atoms with Crippen LogP contribution < -0.4 is 11.0 Å². The molecule has 0 atom stereocenters. The number of aryl methyl sites for hydroxylation is 2. The lowest BCUT2D eigenvalue weighted by Gasteiger charge is -2.12. The Kier molecular flexibility index (Phi) is 7.71. The summed E-state index contributed by atoms with van der Waals surface area (Å²) in [5.41, 5.74) is 5.21. The predicted octanol–water partition coefficient (Wildman–Crippen LogP) is 6.22. The van der Waals surface area contributed by atoms with Crippen molar-refractivity contribution >= 4 is 79.0 Å². The fourth-order valence-corrected chi connectivity index (χ4v) is 6.61. The third kappa shape index (κ3) is 5.49. The van der Waals surface area contributed by atoms with Crippen LogP contribution in [0.15, 0.2) is 74.1 Å². The van der Waals surface area contributed by atoms with Gasteiger partial charge in [0.2, 0.25) is 0 Å². The third-order valence-electron chi connectivity index (χ3n) is 5.61. The first-order valence-electron chi connectivity index (χ1n) is 11.2. The summed E-state index contributed by atoms with van der Waals surface area (Å²) < 4.78 is 2.29. The van der Waals surface area contributed by atoms with Crippen LogP contribution in [-0.4, -0.2) is 27.4 Å². The Bertz CT molecular complexity index is 1550. The van der Waals surface area contributed by atoms with Crippen LogP contribution in [0.25, 0.3) is 22.0 Å². The molecule has 1 aliphatic rings. The van der Waals surface area contributed by atoms with Crippen molar-refractivity contribution in [1.29, 1.82) is 0 Å². The Morgan fingerprint density at radius 1 is 1.19 bits per heavy atom. The number of hydrogen-bond acceptors (Lipinski definition) is 6. The van der Waals surface area contributed by atoms with Gasteiger partial charge >= 0.3 is 0 Å². The average molecular weight is 600 g/mol. The van der Waals surface area contributed by atoms with Gasteiger partial charge in [0.25, 0.3) is 11.5 Å². The zero-order valence-electron chi connectivity index (χ0n) is 18.9. The van der Waals surface area contributed by atoms with Crippen molar-refractivity contribution in [3.63, 3.8) is 0 Å². The van der Waals surface area contributed by atoms with Crippen LogP contribution in [-0.2, 0) is 17.6 Å². The summed E-state index contributed by atoms with van der Waals surface area (Å²) in [5, 5.41) is 5.74. The first-order chi connectivity index (χ1) is 17.5. The van der Waals surface area contributed by atoms with Gasteiger partial charge in [-0.05, 0) is 76.7 Å². The van der Waals surface area contributed by atoms with Crippen molar-refractivity contribution in [1.82, 2.24) is 15.0 Å². The maximum atomic E-state index is 13.6. The van der Waals surface area contributed by atoms with Crippen LogP contribution in [0.5, 0.6) is 0 Å². The van der Waals surface area contributed by atoms with E-state index in [1.807, 2.05) is 36.4 Å². The minimum atomic E-state index is -0.304. The van der Waals surface area contributed by atoms with Gasteiger partial charge in [-0.25, -0.2) is 10.4 Å². The Hall–Kier alpha value is -2.72. The van der Waals surface area contributed by atoms with Crippen LogP contribution in [0.3, 0.4) is 0 Å². The Morgan fingerprint density at radius 2 is 1.97 bits per heavy atom. The number of hydrogen-bond donors (Lipinski definition) is 1. The molecule has 0 saturated carbocycles. The highest BCUT2D eigenvalue weighted by Crippen LogP contribution is 2.36. The first kappa shape index (κ1) is 25.0. The standard InChI is InChI=1S/C26H20BrClN4O2S2/c27-17(13-16-5-2-1-3-6-16)14-29-31-22(33)15-35-26-30-24-23(20-7-4-8-21(20)36-24)25(34)32(26)19-11-9-18(28)10-12-19/h1-3,5-6,9-14H,4,7-8,15H2,(H,31,33). The molecule has 1 amide bonds. The summed E-state index contributed by atoms with van der Waals surface area (Å²) in [7, 11) is 0. The molecule has 0 radical (unpaired) electrons. The van der Waals surface area contributed by atoms with E-state index < -0.39 is 0 Å². The van der Waals surface area contributed by atoms with Crippen molar-refractivity contribution in [2.24, 2.45) is 5.10 Å². The van der Waals surface area contributed by atoms with Gasteiger partial charge in [-0.3, -0.25) is 14.2 Å². The lowest BCUT2D eigenvalue weighted by molar-refractivity contribution is -0.118. The first-order valence-corrected chi connectivity index (χ1v) is 14.2. The molecular formula is C26H20BrClN4O2S2. The van der Waals surface area contributed by atoms with Crippen LogP contribution in [0, 0.1) is 0 Å². The van der Waals surface area contributed by atoms with Crippen molar-refractivity contribution in [2.45, 2.75) is 24.4 Å². The number of carbonyl (C=O) groups excluding carboxylic acids is 1. The maximum Gasteiger partial charge on any atom is 0.267 e. The number of thiophene rings is 1. The number of fused-ring (bicyclic) bond motifs is 3. The number of rotatable bonds is 7. The van der Waals surface area contributed by atoms with Gasteiger partial charge in [0.15, 0.2) is 5.16 Å². The minimum absolute atomic E-state index is 0.0496. The Balaban J connectivity index is 1.36. The molecule has 0 fully saturated rings. The van der Waals surface area contributed by atoms with Crippen molar-refractivity contribution in [3.05, 3.63) is 90.5 Å². The number of carbonyl (C=O) groups is 1. The fourth-order valence-electron chi connectivity index (χ4n) is 4.01. The summed E-state index contributed by atoms with van der Waals surface area (Å²) in [6.07, 6.45) is 6.36. The molecule has 0 saturated heterocycles. The summed E-state index contributed by atoms with van der Waals surface area (Å²) in [5.74, 6) is -0.254. The fraction of sp³-hybridized carbons (Fsp3) is 0.154. The number of nitrogens with one attached hydrogen (secondary N) is 1. The second-order valence-electron chi connectivity index (χ2n) is 8.07. The lowest BCUT2D eigenvalue weighted by atomic mass is 10.2. The van der Waals surface area contributed by atoms with E-state index in [0.29, 0.717) is 21.3 Å². The van der Waals surface area contributed by atoms with E-state index in [1.165, 1.54) is 22.9 Å². The topological polar surface area (TPSA) is 76.3 Å². The van der Waals surface area contributed by atoms with E-state index in [-0.39, 0.29) is 17.2 Å². The molecular weight excluding hydrogens is 580 g/mol. The van der Waals surface area contributed by atoms with Crippen LogP contribution >= 0.6 is 50.6 Å². The van der Waals surface area contributed by atoms with Gasteiger partial charge in [-0.15, -0.1) is 11.3 Å². The van der Waals surface area contributed by atoms with Gasteiger partial charge < -0.3 is 0 Å². The average Bonchev–Trinajstić information content (AvgIpc) is 3.45. The summed E-state index contributed by atoms with van der Waals surface area (Å²) in [6, 6.07) is 16.8. The molecule has 0 aliphatic heterocycles. The molecule has 2 heterocycles. The quantitative estimate of drug-likeness (QED) is 0.118. The Labute approximate surface area is 229 Å². The molecule has 4 aromatic rings. The second-order valence-corrected chi connectivity index (χ2v) is 11.4. The number of allylic oxidation sites excluding steroid dienone is 1. The zero-order chi connectivity index (χ0) is 25.1. The molecule has 6 nitrogen and oxygen atoms in total. The number of nitrogens with zero attached hydrogens (tertiary/aromatic N) is 3. The number of hydrazone groups is 1. The summed E-state index contributed by atoms with van der Waals surface area (Å²) >= 11 is 12.3. The number of amides is 1. The van der Waals surface area contributed by atoms with Crippen molar-refractivity contribution in [3.8, 4) is 5.69 Å². The SMILES string of the molecule is O=C(CSc1nc2sc3c(c2c(=O)n1-c1ccc(Cl)cc1)CCC3)NN=CC(Br)=Cc1ccccc1. The van der Waals surface area contributed by atoms with E-state index in [9.17, 15) is 9.59 Å². The summed E-state index contributed by atoms with van der Waals surface area (Å²) in [6.45, 7) is 0. The van der Waals surface area contributed by atoms with Crippen LogP contribution in [0.2, 0.25) is 5.02 Å². The normalized spacial score (nSPS) is 13.4. The van der Waals surface area contributed by atoms with Gasteiger partial charge in [-0.1, -0.05) is 53.7 Å². The number of benzene rings is 2. The van der Waals surface area contributed by atoms with Crippen molar-refractivity contribution in [2.75, 3.05) is 5.75 Å². The van der Waals surface area contributed by atoms with Gasteiger partial charge in [0.1, 0.15) is 4.83 Å². The molecule has 0 bridgehead atoms. The number of thioether (sulfide) groups is 1. The largest absolute Gasteiger partial charge is 0.272 e. The smallest absolute Gasteiger partial charge is 0.267 e. The maximum absolute atomic E-state index is 13.6. The predicted molar refractivity (Wildman–Crippen MR) is 153 cm³/mol. The van der Waals surface area contributed by atoms with E-state index in [2.05, 4.69) is 26.5 Å². The molecule has 2 aromatic heterocycles. The highest BCUT2D eigenvalue weighted by molar-refractivity contribution is 9.12. The van der Waals surface area contributed by atoms with E-state index >= 15 is 0 Å². The lowest BCUT2D eigenvalue weighted by Crippen LogP contribution is -2.24. The van der Waals surface area contributed by atoms with E-state index in [1.54, 1.807) is 40.2 Å². The highest BCUT2D eigenvalue weighted by atomic mass is 79.9. The zero-order valence-corrected chi connectivity index (χ0v) is 22.9. The third-order valence-corrected chi connectivity index (χ3v) is 8.42.